The molecule has 25 heavy (non-hydrogen) atoms. The second-order valence-corrected chi connectivity index (χ2v) is 5.88. The summed E-state index contributed by atoms with van der Waals surface area (Å²) in [5.41, 5.74) is 0. The van der Waals surface area contributed by atoms with Crippen molar-refractivity contribution in [3.05, 3.63) is 0 Å². The van der Waals surface area contributed by atoms with Crippen LogP contribution in [0.4, 0.5) is 0 Å². The second kappa shape index (κ2) is 13.2. The van der Waals surface area contributed by atoms with Crippen LogP contribution in [0.3, 0.4) is 0 Å². The normalized spacial score (nSPS) is 17.5. The molecule has 9 heteroatoms. The Morgan fingerprint density at radius 3 is 2.68 bits per heavy atom. The molecule has 1 heterocycles. The molecule has 1 rings (SSSR count). The first kappa shape index (κ1) is 23.9. The predicted molar refractivity (Wildman–Crippen MR) is 107 cm³/mol. The predicted octanol–water partition coefficient (Wildman–Crippen LogP) is 0.560. The van der Waals surface area contributed by atoms with Crippen molar-refractivity contribution in [2.45, 2.75) is 19.8 Å². The van der Waals surface area contributed by atoms with Gasteiger partial charge in [-0.25, -0.2) is 4.99 Å². The van der Waals surface area contributed by atoms with Gasteiger partial charge in [0.15, 0.2) is 5.96 Å². The minimum atomic E-state index is -0.164. The minimum absolute atomic E-state index is 0. The third-order valence-electron chi connectivity index (χ3n) is 3.79. The first-order valence-electron chi connectivity index (χ1n) is 8.38. The largest absolute Gasteiger partial charge is 0.466 e. The molecule has 1 amide bonds. The average molecular weight is 470 g/mol. The van der Waals surface area contributed by atoms with Gasteiger partial charge in [-0.05, 0) is 19.8 Å². The molecule has 1 atom stereocenters. The lowest BCUT2D eigenvalue weighted by atomic mass is 9.98. The number of methoxy groups -OCH3 is 1. The van der Waals surface area contributed by atoms with Gasteiger partial charge in [-0.3, -0.25) is 9.59 Å². The van der Waals surface area contributed by atoms with E-state index in [4.69, 9.17) is 9.47 Å². The van der Waals surface area contributed by atoms with Crippen LogP contribution in [0.1, 0.15) is 19.8 Å². The third-order valence-corrected chi connectivity index (χ3v) is 3.79. The van der Waals surface area contributed by atoms with Gasteiger partial charge >= 0.3 is 5.97 Å². The molecule has 146 valence electrons. The minimum Gasteiger partial charge on any atom is -0.466 e. The number of aliphatic imine (C=N–C) groups is 1. The van der Waals surface area contributed by atoms with Crippen LogP contribution in [0.25, 0.3) is 0 Å². The lowest BCUT2D eigenvalue weighted by Gasteiger charge is -2.34. The zero-order valence-corrected chi connectivity index (χ0v) is 17.9. The number of rotatable bonds is 7. The molecule has 1 aliphatic heterocycles. The highest BCUT2D eigenvalue weighted by atomic mass is 127. The van der Waals surface area contributed by atoms with Gasteiger partial charge in [0, 0.05) is 40.8 Å². The molecule has 1 N–H and O–H groups in total. The van der Waals surface area contributed by atoms with E-state index in [0.29, 0.717) is 32.3 Å². The fourth-order valence-corrected chi connectivity index (χ4v) is 2.44. The van der Waals surface area contributed by atoms with Crippen LogP contribution in [0.5, 0.6) is 0 Å². The maximum Gasteiger partial charge on any atom is 0.310 e. The SMILES string of the molecule is CCOC(=O)C1CCCN(C(=NCC(=O)N(C)C)NCCOC)C1.I. The van der Waals surface area contributed by atoms with Crippen LogP contribution in [-0.4, -0.2) is 88.2 Å². The molecular formula is C16H31IN4O4. The van der Waals surface area contributed by atoms with Gasteiger partial charge in [0.2, 0.25) is 5.91 Å². The maximum atomic E-state index is 12.0. The van der Waals surface area contributed by atoms with E-state index >= 15 is 0 Å². The molecule has 0 aromatic heterocycles. The molecule has 0 saturated carbocycles. The summed E-state index contributed by atoms with van der Waals surface area (Å²) in [6.45, 7) is 4.74. The summed E-state index contributed by atoms with van der Waals surface area (Å²) in [5, 5.41) is 3.20. The maximum absolute atomic E-state index is 12.0. The molecule has 8 nitrogen and oxygen atoms in total. The fraction of sp³-hybridized carbons (Fsp3) is 0.812. The second-order valence-electron chi connectivity index (χ2n) is 5.88. The summed E-state index contributed by atoms with van der Waals surface area (Å²) in [5.74, 6) is 0.247. The van der Waals surface area contributed by atoms with E-state index in [1.54, 1.807) is 21.2 Å². The number of likely N-dealkylation sites (tertiary alicyclic amines) is 1. The van der Waals surface area contributed by atoms with Crippen molar-refractivity contribution in [3.63, 3.8) is 0 Å². The third kappa shape index (κ3) is 8.70. The van der Waals surface area contributed by atoms with E-state index < -0.39 is 0 Å². The summed E-state index contributed by atoms with van der Waals surface area (Å²) < 4.78 is 10.2. The zero-order valence-electron chi connectivity index (χ0n) is 15.6. The molecule has 0 spiro atoms. The summed E-state index contributed by atoms with van der Waals surface area (Å²) in [6.07, 6.45) is 1.70. The van der Waals surface area contributed by atoms with Crippen molar-refractivity contribution in [3.8, 4) is 0 Å². The number of likely N-dealkylation sites (N-methyl/N-ethyl adjacent to an activating group) is 1. The van der Waals surface area contributed by atoms with Crippen LogP contribution >= 0.6 is 24.0 Å². The van der Waals surface area contributed by atoms with Crippen molar-refractivity contribution in [2.75, 3.05) is 60.6 Å². The van der Waals surface area contributed by atoms with Gasteiger partial charge < -0.3 is 24.6 Å². The van der Waals surface area contributed by atoms with Gasteiger partial charge in [0.25, 0.3) is 0 Å². The van der Waals surface area contributed by atoms with Gasteiger partial charge in [-0.2, -0.15) is 0 Å². The number of esters is 1. The van der Waals surface area contributed by atoms with Crippen LogP contribution < -0.4 is 5.32 Å². The molecular weight excluding hydrogens is 439 g/mol. The van der Waals surface area contributed by atoms with E-state index in [2.05, 4.69) is 10.3 Å². The number of carbonyl (C=O) groups excluding carboxylic acids is 2. The number of nitrogens with one attached hydrogen (secondary N) is 1. The molecule has 1 unspecified atom stereocenters. The van der Waals surface area contributed by atoms with Crippen molar-refractivity contribution < 1.29 is 19.1 Å². The monoisotopic (exact) mass is 470 g/mol. The number of guanidine groups is 1. The Kier molecular flexibility index (Phi) is 12.6. The first-order chi connectivity index (χ1) is 11.5. The highest BCUT2D eigenvalue weighted by molar-refractivity contribution is 14.0. The summed E-state index contributed by atoms with van der Waals surface area (Å²) >= 11 is 0. The van der Waals surface area contributed by atoms with E-state index in [1.807, 2.05) is 11.8 Å². The molecule has 1 aliphatic rings. The molecule has 0 radical (unpaired) electrons. The van der Waals surface area contributed by atoms with Crippen molar-refractivity contribution in [2.24, 2.45) is 10.9 Å². The van der Waals surface area contributed by atoms with Crippen LogP contribution in [-0.2, 0) is 19.1 Å². The van der Waals surface area contributed by atoms with Crippen molar-refractivity contribution in [1.82, 2.24) is 15.1 Å². The fourth-order valence-electron chi connectivity index (χ4n) is 2.44. The lowest BCUT2D eigenvalue weighted by Crippen LogP contribution is -2.49. The molecule has 0 aromatic carbocycles. The first-order valence-corrected chi connectivity index (χ1v) is 8.38. The smallest absolute Gasteiger partial charge is 0.310 e. The van der Waals surface area contributed by atoms with Crippen LogP contribution in [0.2, 0.25) is 0 Å². The van der Waals surface area contributed by atoms with E-state index in [-0.39, 0.29) is 48.3 Å². The molecule has 0 aliphatic carbocycles. The van der Waals surface area contributed by atoms with Crippen molar-refractivity contribution >= 4 is 41.8 Å². The van der Waals surface area contributed by atoms with Crippen LogP contribution in [0.15, 0.2) is 4.99 Å². The Hall–Kier alpha value is -1.10. The van der Waals surface area contributed by atoms with E-state index in [0.717, 1.165) is 19.4 Å². The number of piperidine rings is 1. The quantitative estimate of drug-likeness (QED) is 0.193. The standard InChI is InChI=1S/C16H30N4O4.HI/c1-5-24-15(22)13-7-6-9-20(12-13)16(17-8-10-23-4)18-11-14(21)19(2)3;/h13H,5-12H2,1-4H3,(H,17,18);1H. The highest BCUT2D eigenvalue weighted by Gasteiger charge is 2.28. The summed E-state index contributed by atoms with van der Waals surface area (Å²) in [7, 11) is 5.03. The summed E-state index contributed by atoms with van der Waals surface area (Å²) in [4.78, 5) is 31.7. The number of carbonyl (C=O) groups is 2. The number of nitrogens with zero attached hydrogens (tertiary/aromatic N) is 3. The summed E-state index contributed by atoms with van der Waals surface area (Å²) in [6, 6.07) is 0. The average Bonchev–Trinajstić information content (AvgIpc) is 2.57. The lowest BCUT2D eigenvalue weighted by molar-refractivity contribution is -0.149. The number of halogens is 1. The molecule has 0 aromatic rings. The number of ether oxygens (including phenoxy) is 2. The Balaban J connectivity index is 0.00000576. The number of hydrogen-bond donors (Lipinski definition) is 1. The Labute approximate surface area is 167 Å². The van der Waals surface area contributed by atoms with Crippen LogP contribution in [0, 0.1) is 5.92 Å². The van der Waals surface area contributed by atoms with Crippen molar-refractivity contribution in [1.29, 1.82) is 0 Å². The number of hydrogen-bond acceptors (Lipinski definition) is 5. The van der Waals surface area contributed by atoms with Gasteiger partial charge in [-0.15, -0.1) is 24.0 Å². The molecule has 1 fully saturated rings. The molecule has 1 saturated heterocycles. The number of amides is 1. The molecule has 0 bridgehead atoms. The Morgan fingerprint density at radius 2 is 2.08 bits per heavy atom. The Morgan fingerprint density at radius 1 is 1.36 bits per heavy atom. The zero-order chi connectivity index (χ0) is 17.9. The van der Waals surface area contributed by atoms with Gasteiger partial charge in [-0.1, -0.05) is 0 Å². The highest BCUT2D eigenvalue weighted by Crippen LogP contribution is 2.18. The van der Waals surface area contributed by atoms with E-state index in [1.165, 1.54) is 4.90 Å². The van der Waals surface area contributed by atoms with E-state index in [9.17, 15) is 9.59 Å². The van der Waals surface area contributed by atoms with Gasteiger partial charge in [0.05, 0.1) is 19.1 Å². The van der Waals surface area contributed by atoms with Gasteiger partial charge in [0.1, 0.15) is 6.54 Å². The Bertz CT molecular complexity index is 446. The topological polar surface area (TPSA) is 83.5 Å².